The first-order chi connectivity index (χ1) is 6.09. The second kappa shape index (κ2) is 4.56. The third-order valence-electron chi connectivity index (χ3n) is 2.50. The third-order valence-corrected chi connectivity index (χ3v) is 2.50. The fourth-order valence-electron chi connectivity index (χ4n) is 1.30. The summed E-state index contributed by atoms with van der Waals surface area (Å²) in [6.07, 6.45) is 3.26. The smallest absolute Gasteiger partial charge is 0.138 e. The average Bonchev–Trinajstić information content (AvgIpc) is 2.04. The van der Waals surface area contributed by atoms with Gasteiger partial charge in [0.25, 0.3) is 0 Å². The average molecular weight is 182 g/mol. The van der Waals surface area contributed by atoms with E-state index >= 15 is 0 Å². The van der Waals surface area contributed by atoms with E-state index in [0.717, 1.165) is 0 Å². The molecule has 1 heterocycles. The number of hydrogen-bond acceptors (Lipinski definition) is 2. The predicted octanol–water partition coefficient (Wildman–Crippen LogP) is 2.34. The quantitative estimate of drug-likeness (QED) is 0.613. The van der Waals surface area contributed by atoms with Crippen molar-refractivity contribution in [3.05, 3.63) is 11.6 Å². The Labute approximate surface area is 80.0 Å². The minimum Gasteiger partial charge on any atom is -0.373 e. The first kappa shape index (κ1) is 10.5. The monoisotopic (exact) mass is 182 g/mol. The number of Topliss-reactive ketones (excluding diaryl/α,β-unsaturated/α-hetero) is 1. The minimum absolute atomic E-state index is 0.0312. The molecule has 0 aromatic heterocycles. The molecule has 0 amide bonds. The van der Waals surface area contributed by atoms with Crippen LogP contribution in [0.25, 0.3) is 0 Å². The summed E-state index contributed by atoms with van der Waals surface area (Å²) in [5, 5.41) is 0. The van der Waals surface area contributed by atoms with Crippen molar-refractivity contribution in [3.63, 3.8) is 0 Å². The fraction of sp³-hybridized carbons (Fsp3) is 0.727. The van der Waals surface area contributed by atoms with Crippen molar-refractivity contribution >= 4 is 5.78 Å². The van der Waals surface area contributed by atoms with Gasteiger partial charge in [-0.1, -0.05) is 25.5 Å². The maximum atomic E-state index is 11.1. The molecule has 13 heavy (non-hydrogen) atoms. The lowest BCUT2D eigenvalue weighted by Crippen LogP contribution is -2.24. The SMILES string of the molecule is CC(=CC1CC(=O)CCO1)C(C)C. The first-order valence-corrected chi connectivity index (χ1v) is 4.91. The topological polar surface area (TPSA) is 26.3 Å². The highest BCUT2D eigenvalue weighted by molar-refractivity contribution is 5.79. The normalized spacial score (nSPS) is 25.4. The van der Waals surface area contributed by atoms with Crippen LogP contribution in [0.15, 0.2) is 11.6 Å². The third kappa shape index (κ3) is 3.31. The maximum Gasteiger partial charge on any atom is 0.138 e. The molecule has 1 saturated heterocycles. The van der Waals surface area contributed by atoms with Crippen LogP contribution in [0, 0.1) is 5.92 Å². The standard InChI is InChI=1S/C11H18O2/c1-8(2)9(3)6-11-7-10(12)4-5-13-11/h6,8,11H,4-5,7H2,1-3H3. The van der Waals surface area contributed by atoms with E-state index in [0.29, 0.717) is 31.1 Å². The highest BCUT2D eigenvalue weighted by Gasteiger charge is 2.18. The molecule has 0 bridgehead atoms. The Hall–Kier alpha value is -0.630. The van der Waals surface area contributed by atoms with E-state index in [2.05, 4.69) is 26.8 Å². The van der Waals surface area contributed by atoms with E-state index < -0.39 is 0 Å². The van der Waals surface area contributed by atoms with E-state index in [4.69, 9.17) is 4.74 Å². The number of allylic oxidation sites excluding steroid dienone is 1. The largest absolute Gasteiger partial charge is 0.373 e. The molecule has 1 rings (SSSR count). The van der Waals surface area contributed by atoms with E-state index in [9.17, 15) is 4.79 Å². The van der Waals surface area contributed by atoms with Crippen LogP contribution in [0.1, 0.15) is 33.6 Å². The molecule has 0 aliphatic carbocycles. The van der Waals surface area contributed by atoms with Crippen molar-refractivity contribution in [2.45, 2.75) is 39.7 Å². The van der Waals surface area contributed by atoms with Crippen LogP contribution in [0.2, 0.25) is 0 Å². The van der Waals surface area contributed by atoms with Gasteiger partial charge in [0.2, 0.25) is 0 Å². The lowest BCUT2D eigenvalue weighted by Gasteiger charge is -2.20. The number of hydrogen-bond donors (Lipinski definition) is 0. The molecule has 2 heteroatoms. The molecular formula is C11H18O2. The molecule has 2 nitrogen and oxygen atoms in total. The fourth-order valence-corrected chi connectivity index (χ4v) is 1.30. The van der Waals surface area contributed by atoms with Gasteiger partial charge in [0.05, 0.1) is 12.7 Å². The van der Waals surface area contributed by atoms with Crippen LogP contribution in [0.4, 0.5) is 0 Å². The Morgan fingerprint density at radius 3 is 2.85 bits per heavy atom. The molecular weight excluding hydrogens is 164 g/mol. The molecule has 1 aliphatic heterocycles. The number of carbonyl (C=O) groups is 1. The van der Waals surface area contributed by atoms with E-state index in [1.54, 1.807) is 0 Å². The zero-order chi connectivity index (χ0) is 9.84. The van der Waals surface area contributed by atoms with Crippen LogP contribution in [-0.4, -0.2) is 18.5 Å². The number of ketones is 1. The van der Waals surface area contributed by atoms with E-state index in [1.165, 1.54) is 5.57 Å². The zero-order valence-electron chi connectivity index (χ0n) is 8.67. The molecule has 1 aliphatic rings. The van der Waals surface area contributed by atoms with Gasteiger partial charge >= 0.3 is 0 Å². The van der Waals surface area contributed by atoms with Gasteiger partial charge in [-0.3, -0.25) is 4.79 Å². The van der Waals surface area contributed by atoms with Crippen molar-refractivity contribution < 1.29 is 9.53 Å². The minimum atomic E-state index is 0.0312. The number of carbonyl (C=O) groups excluding carboxylic acids is 1. The van der Waals surface area contributed by atoms with Gasteiger partial charge in [-0.25, -0.2) is 0 Å². The molecule has 0 saturated carbocycles. The molecule has 0 radical (unpaired) electrons. The molecule has 1 unspecified atom stereocenters. The van der Waals surface area contributed by atoms with Gasteiger partial charge in [-0.15, -0.1) is 0 Å². The highest BCUT2D eigenvalue weighted by Crippen LogP contribution is 2.16. The van der Waals surface area contributed by atoms with Gasteiger partial charge in [-0.05, 0) is 12.8 Å². The first-order valence-electron chi connectivity index (χ1n) is 4.91. The summed E-state index contributed by atoms with van der Waals surface area (Å²) in [6, 6.07) is 0. The Morgan fingerprint density at radius 2 is 2.31 bits per heavy atom. The molecule has 0 spiro atoms. The predicted molar refractivity (Wildman–Crippen MR) is 52.6 cm³/mol. The Balaban J connectivity index is 2.52. The van der Waals surface area contributed by atoms with Crippen LogP contribution in [0.5, 0.6) is 0 Å². The molecule has 0 aromatic carbocycles. The molecule has 0 aromatic rings. The molecule has 74 valence electrons. The summed E-state index contributed by atoms with van der Waals surface area (Å²) < 4.78 is 5.47. The molecule has 0 N–H and O–H groups in total. The van der Waals surface area contributed by atoms with Gasteiger partial charge in [0.1, 0.15) is 5.78 Å². The summed E-state index contributed by atoms with van der Waals surface area (Å²) in [5.41, 5.74) is 1.31. The van der Waals surface area contributed by atoms with Gasteiger partial charge in [0, 0.05) is 12.8 Å². The summed E-state index contributed by atoms with van der Waals surface area (Å²) in [4.78, 5) is 11.1. The number of ether oxygens (including phenoxy) is 1. The highest BCUT2D eigenvalue weighted by atomic mass is 16.5. The second-order valence-corrected chi connectivity index (χ2v) is 3.97. The van der Waals surface area contributed by atoms with E-state index in [1.807, 2.05) is 0 Å². The molecule has 1 fully saturated rings. The Kier molecular flexibility index (Phi) is 3.67. The van der Waals surface area contributed by atoms with Crippen molar-refractivity contribution in [1.29, 1.82) is 0 Å². The second-order valence-electron chi connectivity index (χ2n) is 3.97. The zero-order valence-corrected chi connectivity index (χ0v) is 8.67. The lowest BCUT2D eigenvalue weighted by atomic mass is 10.00. The van der Waals surface area contributed by atoms with Crippen LogP contribution in [-0.2, 0) is 9.53 Å². The van der Waals surface area contributed by atoms with Gasteiger partial charge < -0.3 is 4.74 Å². The Bertz CT molecular complexity index is 216. The van der Waals surface area contributed by atoms with Crippen LogP contribution in [0.3, 0.4) is 0 Å². The summed E-state index contributed by atoms with van der Waals surface area (Å²) in [5.74, 6) is 0.865. The van der Waals surface area contributed by atoms with E-state index in [-0.39, 0.29) is 6.10 Å². The van der Waals surface area contributed by atoms with Crippen molar-refractivity contribution in [2.75, 3.05) is 6.61 Å². The van der Waals surface area contributed by atoms with Crippen LogP contribution >= 0.6 is 0 Å². The lowest BCUT2D eigenvalue weighted by molar-refractivity contribution is -0.126. The maximum absolute atomic E-state index is 11.1. The number of rotatable bonds is 2. The van der Waals surface area contributed by atoms with Crippen molar-refractivity contribution in [1.82, 2.24) is 0 Å². The summed E-state index contributed by atoms with van der Waals surface area (Å²) in [6.45, 7) is 6.98. The summed E-state index contributed by atoms with van der Waals surface area (Å²) in [7, 11) is 0. The van der Waals surface area contributed by atoms with Gasteiger partial charge in [-0.2, -0.15) is 0 Å². The Morgan fingerprint density at radius 1 is 1.62 bits per heavy atom. The van der Waals surface area contributed by atoms with Gasteiger partial charge in [0.15, 0.2) is 0 Å². The van der Waals surface area contributed by atoms with Crippen molar-refractivity contribution in [3.8, 4) is 0 Å². The van der Waals surface area contributed by atoms with Crippen molar-refractivity contribution in [2.24, 2.45) is 5.92 Å². The summed E-state index contributed by atoms with van der Waals surface area (Å²) >= 11 is 0. The molecule has 1 atom stereocenters. The van der Waals surface area contributed by atoms with Crippen LogP contribution < -0.4 is 0 Å².